The number of fused-ring (bicyclic) bond motifs is 1. The molecule has 7 nitrogen and oxygen atoms in total. The lowest BCUT2D eigenvalue weighted by molar-refractivity contribution is -0.116. The number of anilines is 2. The summed E-state index contributed by atoms with van der Waals surface area (Å²) in [5.41, 5.74) is 2.90. The lowest BCUT2D eigenvalue weighted by Gasteiger charge is -2.35. The van der Waals surface area contributed by atoms with Crippen LogP contribution >= 0.6 is 0 Å². The minimum atomic E-state index is -3.79. The van der Waals surface area contributed by atoms with Gasteiger partial charge in [0.05, 0.1) is 11.4 Å². The highest BCUT2D eigenvalue weighted by atomic mass is 32.2. The second kappa shape index (κ2) is 9.51. The van der Waals surface area contributed by atoms with E-state index in [2.05, 4.69) is 22.2 Å². The number of likely N-dealkylation sites (N-methyl/N-ethyl adjacent to an activating group) is 2. The Morgan fingerprint density at radius 1 is 0.970 bits per heavy atom. The number of carbonyl (C=O) groups excluding carboxylic acids is 1. The van der Waals surface area contributed by atoms with Gasteiger partial charge in [-0.05, 0) is 60.6 Å². The summed E-state index contributed by atoms with van der Waals surface area (Å²) in [5, 5.41) is 4.64. The molecule has 0 aromatic heterocycles. The Balaban J connectivity index is 1.41. The second-order valence-corrected chi connectivity index (χ2v) is 10.7. The fraction of sp³-hybridized carbons (Fsp3) is 0.320. The van der Waals surface area contributed by atoms with Gasteiger partial charge < -0.3 is 15.1 Å². The number of hydrogen-bond donors (Lipinski definition) is 1. The van der Waals surface area contributed by atoms with Gasteiger partial charge in [0.25, 0.3) is 0 Å². The van der Waals surface area contributed by atoms with Gasteiger partial charge in [0.15, 0.2) is 0 Å². The number of benzene rings is 3. The quantitative estimate of drug-likeness (QED) is 0.604. The molecule has 1 N–H and O–H groups in total. The van der Waals surface area contributed by atoms with Crippen LogP contribution < -0.4 is 10.2 Å². The van der Waals surface area contributed by atoms with Gasteiger partial charge in [-0.1, -0.05) is 30.3 Å². The van der Waals surface area contributed by atoms with E-state index in [1.54, 1.807) is 18.2 Å². The zero-order valence-electron chi connectivity index (χ0n) is 19.3. The largest absolute Gasteiger partial charge is 0.369 e. The smallest absolute Gasteiger partial charge is 0.243 e. The van der Waals surface area contributed by atoms with Crippen molar-refractivity contribution >= 4 is 38.1 Å². The lowest BCUT2D eigenvalue weighted by atomic mass is 10.1. The molecule has 1 aliphatic rings. The minimum Gasteiger partial charge on any atom is -0.369 e. The van der Waals surface area contributed by atoms with E-state index in [-0.39, 0.29) is 17.3 Å². The second-order valence-electron chi connectivity index (χ2n) is 8.61. The Labute approximate surface area is 195 Å². The highest BCUT2D eigenvalue weighted by molar-refractivity contribution is 7.89. The first kappa shape index (κ1) is 23.2. The number of piperazine rings is 1. The zero-order valence-corrected chi connectivity index (χ0v) is 20.1. The molecule has 1 saturated heterocycles. The molecule has 0 bridgehead atoms. The number of amides is 1. The minimum absolute atomic E-state index is 0.170. The third kappa shape index (κ3) is 5.19. The van der Waals surface area contributed by atoms with Crippen molar-refractivity contribution in [3.05, 3.63) is 66.2 Å². The number of rotatable bonds is 6. The van der Waals surface area contributed by atoms with E-state index in [0.29, 0.717) is 5.69 Å². The number of sulfonamides is 1. The van der Waals surface area contributed by atoms with Crippen LogP contribution in [0.25, 0.3) is 10.8 Å². The molecule has 0 radical (unpaired) electrons. The fourth-order valence-electron chi connectivity index (χ4n) is 4.13. The number of nitrogens with one attached hydrogen (secondary N) is 1. The van der Waals surface area contributed by atoms with E-state index in [4.69, 9.17) is 0 Å². The third-order valence-corrected chi connectivity index (χ3v) is 7.92. The SMILES string of the molecule is Cc1cc(NC(=O)CN(C)S(=O)(=O)c2ccc3ccccc3c2)ccc1N1CCN(C)CC1. The van der Waals surface area contributed by atoms with Crippen molar-refractivity contribution < 1.29 is 13.2 Å². The van der Waals surface area contributed by atoms with E-state index in [1.807, 2.05) is 49.4 Å². The Morgan fingerprint density at radius 3 is 2.36 bits per heavy atom. The summed E-state index contributed by atoms with van der Waals surface area (Å²) in [7, 11) is -0.242. The Hall–Kier alpha value is -2.94. The monoisotopic (exact) mass is 466 g/mol. The molecule has 1 fully saturated rings. The van der Waals surface area contributed by atoms with Gasteiger partial charge in [-0.2, -0.15) is 4.31 Å². The molecule has 1 amide bonds. The maximum atomic E-state index is 13.0. The summed E-state index contributed by atoms with van der Waals surface area (Å²) < 4.78 is 27.1. The number of nitrogens with zero attached hydrogens (tertiary/aromatic N) is 3. The summed E-state index contributed by atoms with van der Waals surface area (Å²) in [6, 6.07) is 18.4. The maximum Gasteiger partial charge on any atom is 0.243 e. The Morgan fingerprint density at radius 2 is 1.67 bits per heavy atom. The van der Waals surface area contributed by atoms with Gasteiger partial charge in [0.1, 0.15) is 0 Å². The molecule has 0 spiro atoms. The first-order valence-electron chi connectivity index (χ1n) is 11.0. The molecule has 1 aliphatic heterocycles. The van der Waals surface area contributed by atoms with Crippen molar-refractivity contribution in [2.75, 3.05) is 57.0 Å². The molecule has 0 atom stereocenters. The van der Waals surface area contributed by atoms with Crippen LogP contribution in [0, 0.1) is 6.92 Å². The molecule has 0 unspecified atom stereocenters. The summed E-state index contributed by atoms with van der Waals surface area (Å²) in [6.45, 7) is 5.75. The summed E-state index contributed by atoms with van der Waals surface area (Å²) in [4.78, 5) is 17.4. The van der Waals surface area contributed by atoms with Crippen LogP contribution in [0.2, 0.25) is 0 Å². The molecule has 0 saturated carbocycles. The summed E-state index contributed by atoms with van der Waals surface area (Å²) in [5.74, 6) is -0.381. The van der Waals surface area contributed by atoms with E-state index < -0.39 is 10.0 Å². The molecule has 3 aromatic rings. The van der Waals surface area contributed by atoms with Crippen molar-refractivity contribution in [2.45, 2.75) is 11.8 Å². The summed E-state index contributed by atoms with van der Waals surface area (Å²) >= 11 is 0. The van der Waals surface area contributed by atoms with E-state index in [0.717, 1.165) is 52.5 Å². The van der Waals surface area contributed by atoms with Crippen LogP contribution in [0.4, 0.5) is 11.4 Å². The van der Waals surface area contributed by atoms with Gasteiger partial charge in [-0.15, -0.1) is 0 Å². The van der Waals surface area contributed by atoms with Crippen LogP contribution in [0.1, 0.15) is 5.56 Å². The predicted octanol–water partition coefficient (Wildman–Crippen LogP) is 3.16. The summed E-state index contributed by atoms with van der Waals surface area (Å²) in [6.07, 6.45) is 0. The van der Waals surface area contributed by atoms with Gasteiger partial charge >= 0.3 is 0 Å². The average molecular weight is 467 g/mol. The Bertz CT molecular complexity index is 1270. The molecule has 174 valence electrons. The molecule has 8 heteroatoms. The van der Waals surface area contributed by atoms with Gasteiger partial charge in [-0.25, -0.2) is 8.42 Å². The zero-order chi connectivity index (χ0) is 23.6. The van der Waals surface area contributed by atoms with Crippen molar-refractivity contribution in [3.63, 3.8) is 0 Å². The first-order chi connectivity index (χ1) is 15.7. The number of carbonyl (C=O) groups is 1. The van der Waals surface area contributed by atoms with Gasteiger partial charge in [0, 0.05) is 44.6 Å². The molecule has 4 rings (SSSR count). The van der Waals surface area contributed by atoms with Crippen LogP contribution in [-0.4, -0.2) is 70.3 Å². The van der Waals surface area contributed by atoms with Crippen LogP contribution in [0.5, 0.6) is 0 Å². The van der Waals surface area contributed by atoms with Crippen LogP contribution in [-0.2, 0) is 14.8 Å². The molecule has 0 aliphatic carbocycles. The average Bonchev–Trinajstić information content (AvgIpc) is 2.79. The molecule has 3 aromatic carbocycles. The first-order valence-corrected chi connectivity index (χ1v) is 12.5. The number of hydrogen-bond acceptors (Lipinski definition) is 5. The van der Waals surface area contributed by atoms with E-state index in [1.165, 1.54) is 7.05 Å². The lowest BCUT2D eigenvalue weighted by Crippen LogP contribution is -2.44. The van der Waals surface area contributed by atoms with E-state index in [9.17, 15) is 13.2 Å². The molecule has 33 heavy (non-hydrogen) atoms. The highest BCUT2D eigenvalue weighted by Crippen LogP contribution is 2.25. The van der Waals surface area contributed by atoms with Crippen molar-refractivity contribution in [2.24, 2.45) is 0 Å². The van der Waals surface area contributed by atoms with Crippen molar-refractivity contribution in [1.82, 2.24) is 9.21 Å². The topological polar surface area (TPSA) is 73.0 Å². The van der Waals surface area contributed by atoms with Crippen molar-refractivity contribution in [3.8, 4) is 0 Å². The standard InChI is InChI=1S/C25H30N4O3S/c1-19-16-22(9-11-24(19)29-14-12-27(2)13-15-29)26-25(30)18-28(3)33(31,32)23-10-8-20-6-4-5-7-21(20)17-23/h4-11,16-17H,12-15,18H2,1-3H3,(H,26,30). The van der Waals surface area contributed by atoms with Crippen LogP contribution in [0.3, 0.4) is 0 Å². The van der Waals surface area contributed by atoms with E-state index >= 15 is 0 Å². The maximum absolute atomic E-state index is 13.0. The van der Waals surface area contributed by atoms with Gasteiger partial charge in [0.2, 0.25) is 15.9 Å². The van der Waals surface area contributed by atoms with Gasteiger partial charge in [-0.3, -0.25) is 4.79 Å². The molecule has 1 heterocycles. The van der Waals surface area contributed by atoms with Crippen molar-refractivity contribution in [1.29, 1.82) is 0 Å². The molecular weight excluding hydrogens is 436 g/mol. The normalized spacial score (nSPS) is 15.2. The fourth-order valence-corrected chi connectivity index (χ4v) is 5.29. The predicted molar refractivity (Wildman–Crippen MR) is 133 cm³/mol. The third-order valence-electron chi connectivity index (χ3n) is 6.12. The highest BCUT2D eigenvalue weighted by Gasteiger charge is 2.23. The van der Waals surface area contributed by atoms with Crippen LogP contribution in [0.15, 0.2) is 65.6 Å². The number of aryl methyl sites for hydroxylation is 1. The Kier molecular flexibility index (Phi) is 6.69. The molecular formula is C25H30N4O3S.